The van der Waals surface area contributed by atoms with E-state index in [2.05, 4.69) is 21.2 Å². The van der Waals surface area contributed by atoms with Crippen molar-refractivity contribution in [3.8, 4) is 0 Å². The van der Waals surface area contributed by atoms with Crippen molar-refractivity contribution in [3.63, 3.8) is 0 Å². The molecule has 0 aromatic heterocycles. The van der Waals surface area contributed by atoms with Crippen molar-refractivity contribution in [3.05, 3.63) is 57.6 Å². The monoisotopic (exact) mass is 318 g/mol. The predicted molar refractivity (Wildman–Crippen MR) is 82.4 cm³/mol. The highest BCUT2D eigenvalue weighted by atomic mass is 79.9. The van der Waals surface area contributed by atoms with Gasteiger partial charge < -0.3 is 11.1 Å². The lowest BCUT2D eigenvalue weighted by atomic mass is 10.1. The molecule has 19 heavy (non-hydrogen) atoms. The molecule has 0 heterocycles. The van der Waals surface area contributed by atoms with Gasteiger partial charge in [0, 0.05) is 21.4 Å². The molecule has 0 aliphatic heterocycles. The molecule has 2 aromatic rings. The largest absolute Gasteiger partial charge is 0.399 e. The van der Waals surface area contributed by atoms with Gasteiger partial charge in [0.15, 0.2) is 0 Å². The van der Waals surface area contributed by atoms with Gasteiger partial charge >= 0.3 is 0 Å². The van der Waals surface area contributed by atoms with Crippen molar-refractivity contribution in [2.75, 3.05) is 11.1 Å². The first-order chi connectivity index (χ1) is 8.97. The van der Waals surface area contributed by atoms with Gasteiger partial charge in [-0.1, -0.05) is 15.9 Å². The number of hydrogen-bond donors (Lipinski definition) is 2. The molecule has 98 valence electrons. The quantitative estimate of drug-likeness (QED) is 0.825. The summed E-state index contributed by atoms with van der Waals surface area (Å²) in [6.07, 6.45) is 0. The number of halogens is 1. The Bertz CT molecular complexity index is 621. The van der Waals surface area contributed by atoms with E-state index in [9.17, 15) is 4.79 Å². The predicted octanol–water partition coefficient (Wildman–Crippen LogP) is 3.90. The van der Waals surface area contributed by atoms with Crippen LogP contribution in [0.1, 0.15) is 21.5 Å². The summed E-state index contributed by atoms with van der Waals surface area (Å²) in [4.78, 5) is 12.1. The van der Waals surface area contributed by atoms with Crippen LogP contribution in [-0.4, -0.2) is 5.91 Å². The summed E-state index contributed by atoms with van der Waals surface area (Å²) in [6.45, 7) is 3.84. The van der Waals surface area contributed by atoms with Crippen LogP contribution in [0.4, 0.5) is 11.4 Å². The number of hydrogen-bond acceptors (Lipinski definition) is 2. The molecule has 0 aliphatic rings. The summed E-state index contributed by atoms with van der Waals surface area (Å²) >= 11 is 3.34. The average molecular weight is 319 g/mol. The highest BCUT2D eigenvalue weighted by molar-refractivity contribution is 9.10. The van der Waals surface area contributed by atoms with E-state index in [4.69, 9.17) is 5.73 Å². The van der Waals surface area contributed by atoms with Crippen LogP contribution < -0.4 is 11.1 Å². The summed E-state index contributed by atoms with van der Waals surface area (Å²) in [5.41, 5.74) is 9.89. The van der Waals surface area contributed by atoms with Gasteiger partial charge in [0.25, 0.3) is 5.91 Å². The van der Waals surface area contributed by atoms with Gasteiger partial charge in [-0.3, -0.25) is 4.79 Å². The van der Waals surface area contributed by atoms with Gasteiger partial charge in [-0.05, 0) is 61.4 Å². The molecule has 2 rings (SSSR count). The number of benzene rings is 2. The van der Waals surface area contributed by atoms with Crippen molar-refractivity contribution >= 4 is 33.2 Å². The third kappa shape index (κ3) is 3.15. The SMILES string of the molecule is Cc1cc(NC(=O)c2ccc(Br)cc2)c(C)cc1N. The van der Waals surface area contributed by atoms with Gasteiger partial charge in [-0.25, -0.2) is 0 Å². The second-order valence-electron chi connectivity index (χ2n) is 4.48. The van der Waals surface area contributed by atoms with Crippen LogP contribution >= 0.6 is 15.9 Å². The van der Waals surface area contributed by atoms with Gasteiger partial charge in [0.05, 0.1) is 0 Å². The number of rotatable bonds is 2. The first kappa shape index (κ1) is 13.6. The topological polar surface area (TPSA) is 55.1 Å². The second kappa shape index (κ2) is 5.45. The van der Waals surface area contributed by atoms with Crippen LogP contribution in [0, 0.1) is 13.8 Å². The van der Waals surface area contributed by atoms with E-state index in [0.29, 0.717) is 5.56 Å². The summed E-state index contributed by atoms with van der Waals surface area (Å²) in [6, 6.07) is 11.0. The van der Waals surface area contributed by atoms with Crippen LogP contribution in [-0.2, 0) is 0 Å². The molecule has 0 aliphatic carbocycles. The molecule has 3 N–H and O–H groups in total. The van der Waals surface area contributed by atoms with E-state index in [1.165, 1.54) is 0 Å². The lowest BCUT2D eigenvalue weighted by Crippen LogP contribution is -2.13. The summed E-state index contributed by atoms with van der Waals surface area (Å²) in [5, 5.41) is 2.90. The molecule has 0 unspecified atom stereocenters. The molecule has 0 saturated carbocycles. The number of carbonyl (C=O) groups excluding carboxylic acids is 1. The van der Waals surface area contributed by atoms with E-state index in [-0.39, 0.29) is 5.91 Å². The minimum atomic E-state index is -0.125. The Morgan fingerprint density at radius 1 is 1.11 bits per heavy atom. The number of amides is 1. The number of aryl methyl sites for hydroxylation is 2. The van der Waals surface area contributed by atoms with Gasteiger partial charge in [0.1, 0.15) is 0 Å². The standard InChI is InChI=1S/C15H15BrN2O/c1-9-8-14(10(2)7-13(9)17)18-15(19)11-3-5-12(16)6-4-11/h3-8H,17H2,1-2H3,(H,18,19). The fourth-order valence-electron chi connectivity index (χ4n) is 1.77. The van der Waals surface area contributed by atoms with Crippen LogP contribution in [0.15, 0.2) is 40.9 Å². The van der Waals surface area contributed by atoms with Crippen molar-refractivity contribution in [2.45, 2.75) is 13.8 Å². The van der Waals surface area contributed by atoms with E-state index < -0.39 is 0 Å². The van der Waals surface area contributed by atoms with E-state index in [1.807, 2.05) is 38.1 Å². The number of nitrogens with one attached hydrogen (secondary N) is 1. The first-order valence-corrected chi connectivity index (χ1v) is 6.70. The highest BCUT2D eigenvalue weighted by Crippen LogP contribution is 2.22. The van der Waals surface area contributed by atoms with Gasteiger partial charge in [-0.2, -0.15) is 0 Å². The van der Waals surface area contributed by atoms with Crippen molar-refractivity contribution in [1.29, 1.82) is 0 Å². The van der Waals surface area contributed by atoms with Crippen LogP contribution in [0.2, 0.25) is 0 Å². The van der Waals surface area contributed by atoms with Crippen molar-refractivity contribution < 1.29 is 4.79 Å². The molecule has 0 fully saturated rings. The molecule has 3 nitrogen and oxygen atoms in total. The molecular weight excluding hydrogens is 304 g/mol. The smallest absolute Gasteiger partial charge is 0.255 e. The molecule has 0 radical (unpaired) electrons. The molecule has 4 heteroatoms. The third-order valence-corrected chi connectivity index (χ3v) is 3.50. The Kier molecular flexibility index (Phi) is 3.90. The summed E-state index contributed by atoms with van der Waals surface area (Å²) < 4.78 is 0.948. The zero-order chi connectivity index (χ0) is 14.0. The fraction of sp³-hybridized carbons (Fsp3) is 0.133. The number of anilines is 2. The molecule has 0 atom stereocenters. The Labute approximate surface area is 121 Å². The van der Waals surface area contributed by atoms with Crippen LogP contribution in [0.3, 0.4) is 0 Å². The summed E-state index contributed by atoms with van der Waals surface area (Å²) in [7, 11) is 0. The lowest BCUT2D eigenvalue weighted by molar-refractivity contribution is 0.102. The maximum atomic E-state index is 12.1. The Balaban J connectivity index is 2.24. The molecule has 2 aromatic carbocycles. The van der Waals surface area contributed by atoms with Crippen molar-refractivity contribution in [1.82, 2.24) is 0 Å². The van der Waals surface area contributed by atoms with E-state index in [0.717, 1.165) is 27.0 Å². The second-order valence-corrected chi connectivity index (χ2v) is 5.40. The third-order valence-electron chi connectivity index (χ3n) is 2.97. The summed E-state index contributed by atoms with van der Waals surface area (Å²) in [5.74, 6) is -0.125. The lowest BCUT2D eigenvalue weighted by Gasteiger charge is -2.11. The van der Waals surface area contributed by atoms with E-state index in [1.54, 1.807) is 12.1 Å². The Morgan fingerprint density at radius 3 is 2.37 bits per heavy atom. The Hall–Kier alpha value is -1.81. The zero-order valence-corrected chi connectivity index (χ0v) is 12.4. The number of nitrogen functional groups attached to an aromatic ring is 1. The van der Waals surface area contributed by atoms with Crippen LogP contribution in [0.5, 0.6) is 0 Å². The number of carbonyl (C=O) groups is 1. The first-order valence-electron chi connectivity index (χ1n) is 5.91. The maximum absolute atomic E-state index is 12.1. The molecule has 0 saturated heterocycles. The van der Waals surface area contributed by atoms with E-state index >= 15 is 0 Å². The van der Waals surface area contributed by atoms with Gasteiger partial charge in [0.2, 0.25) is 0 Å². The number of nitrogens with two attached hydrogens (primary N) is 1. The Morgan fingerprint density at radius 2 is 1.74 bits per heavy atom. The molecule has 1 amide bonds. The normalized spacial score (nSPS) is 10.3. The van der Waals surface area contributed by atoms with Gasteiger partial charge in [-0.15, -0.1) is 0 Å². The van der Waals surface area contributed by atoms with Crippen LogP contribution in [0.25, 0.3) is 0 Å². The van der Waals surface area contributed by atoms with Crippen molar-refractivity contribution in [2.24, 2.45) is 0 Å². The minimum Gasteiger partial charge on any atom is -0.399 e. The average Bonchev–Trinajstić information content (AvgIpc) is 2.36. The minimum absolute atomic E-state index is 0.125. The fourth-order valence-corrected chi connectivity index (χ4v) is 2.03. The molecular formula is C15H15BrN2O. The molecule has 0 spiro atoms. The molecule has 0 bridgehead atoms. The zero-order valence-electron chi connectivity index (χ0n) is 10.8. The highest BCUT2D eigenvalue weighted by Gasteiger charge is 2.08. The maximum Gasteiger partial charge on any atom is 0.255 e.